The zero-order valence-corrected chi connectivity index (χ0v) is 32.0. The molecule has 0 amide bonds. The third-order valence-corrected chi connectivity index (χ3v) is 8.58. The first kappa shape index (κ1) is 39.4. The Morgan fingerprint density at radius 3 is 1.25 bits per heavy atom. The van der Waals surface area contributed by atoms with Crippen LogP contribution in [-0.2, 0) is 26.2 Å². The highest BCUT2D eigenvalue weighted by Crippen LogP contribution is 2.36. The highest BCUT2D eigenvalue weighted by Gasteiger charge is 2.25. The van der Waals surface area contributed by atoms with Gasteiger partial charge in [-0.15, -0.1) is 20.5 Å². The van der Waals surface area contributed by atoms with Crippen molar-refractivity contribution in [3.05, 3.63) is 66.6 Å². The third-order valence-electron chi connectivity index (χ3n) is 7.70. The van der Waals surface area contributed by atoms with Gasteiger partial charge in [0, 0.05) is 43.5 Å². The molecule has 4 rings (SSSR count). The molecule has 2 aromatic heterocycles. The van der Waals surface area contributed by atoms with E-state index < -0.39 is 11.1 Å². The smallest absolute Gasteiger partial charge is 0.286 e. The van der Waals surface area contributed by atoms with Gasteiger partial charge in [0.25, 0.3) is 22.9 Å². The van der Waals surface area contributed by atoms with Crippen LogP contribution in [0, 0.1) is 9.54 Å². The molecule has 0 aliphatic heterocycles. The van der Waals surface area contributed by atoms with Gasteiger partial charge >= 0.3 is 0 Å². The lowest BCUT2D eigenvalue weighted by atomic mass is 10.3. The molecule has 0 unspecified atom stereocenters. The van der Waals surface area contributed by atoms with E-state index in [1.807, 2.05) is 13.8 Å². The fourth-order valence-corrected chi connectivity index (χ4v) is 5.86. The Bertz CT molecular complexity index is 2070. The molecule has 52 heavy (non-hydrogen) atoms. The van der Waals surface area contributed by atoms with Crippen molar-refractivity contribution in [3.8, 4) is 34.8 Å². The van der Waals surface area contributed by atoms with Crippen LogP contribution in [0.1, 0.15) is 27.7 Å². The molecule has 0 aliphatic carbocycles. The number of hydrogen-bond acceptors (Lipinski definition) is 15. The molecule has 0 N–H and O–H groups in total. The van der Waals surface area contributed by atoms with Gasteiger partial charge < -0.3 is 28.6 Å². The van der Waals surface area contributed by atoms with Gasteiger partial charge in [-0.1, -0.05) is 0 Å². The fourth-order valence-electron chi connectivity index (χ4n) is 5.01. The Balaban J connectivity index is 1.86. The predicted octanol–water partition coefficient (Wildman–Crippen LogP) is 7.24. The lowest BCUT2D eigenvalue weighted by Crippen LogP contribution is -2.34. The normalized spacial score (nSPS) is 11.4. The van der Waals surface area contributed by atoms with Crippen molar-refractivity contribution >= 4 is 47.2 Å². The van der Waals surface area contributed by atoms with Crippen molar-refractivity contribution in [1.82, 2.24) is 23.5 Å². The molecule has 0 radical (unpaired) electrons. The van der Waals surface area contributed by atoms with Gasteiger partial charge in [-0.25, -0.2) is 0 Å². The summed E-state index contributed by atoms with van der Waals surface area (Å²) in [5.74, 6) is 1.68. The molecule has 2 heterocycles. The standard InChI is InChI=1S/C33H41N9O8S2/c1-10-39-28(43)26(36-34-22-16-14-20(45-6)18-24(22)47-8)30(41(12-3)32(39)51)49-38(5)50-31-27(29(44)40(11-2)33(52)42(31)13-4)37-35-23-17-15-21(46-7)19-25(23)48-9/h14-19H,10-13H2,1-9H3/b36-34+,37-35+. The van der Waals surface area contributed by atoms with Gasteiger partial charge in [0.2, 0.25) is 11.4 Å². The van der Waals surface area contributed by atoms with E-state index in [0.29, 0.717) is 34.4 Å². The molecule has 0 saturated carbocycles. The number of hydrogen-bond donors (Lipinski definition) is 0. The fraction of sp³-hybridized carbons (Fsp3) is 0.394. The molecule has 0 aliphatic rings. The number of benzene rings is 2. The maximum Gasteiger partial charge on any atom is 0.286 e. The van der Waals surface area contributed by atoms with Crippen molar-refractivity contribution in [1.29, 1.82) is 0 Å². The van der Waals surface area contributed by atoms with Gasteiger partial charge in [-0.05, 0) is 76.4 Å². The van der Waals surface area contributed by atoms with Gasteiger partial charge in [0.15, 0.2) is 9.54 Å². The van der Waals surface area contributed by atoms with Crippen LogP contribution in [0.5, 0.6) is 34.8 Å². The van der Waals surface area contributed by atoms with Crippen LogP contribution in [0.4, 0.5) is 22.7 Å². The molecule has 0 atom stereocenters. The second-order valence-electron chi connectivity index (χ2n) is 10.6. The van der Waals surface area contributed by atoms with Gasteiger partial charge in [-0.2, -0.15) is 0 Å². The summed E-state index contributed by atoms with van der Waals surface area (Å²) in [7, 11) is 7.44. The first-order valence-corrected chi connectivity index (χ1v) is 17.0. The number of ether oxygens (including phenoxy) is 4. The van der Waals surface area contributed by atoms with Crippen LogP contribution in [0.15, 0.2) is 66.4 Å². The molecule has 2 aromatic carbocycles. The minimum atomic E-state index is -0.554. The largest absolute Gasteiger partial charge is 0.497 e. The van der Waals surface area contributed by atoms with Gasteiger partial charge in [0.1, 0.15) is 34.4 Å². The zero-order valence-electron chi connectivity index (χ0n) is 30.4. The molecular formula is C33H41N9O8S2. The van der Waals surface area contributed by atoms with Gasteiger partial charge in [0.05, 0.1) is 35.5 Å². The van der Waals surface area contributed by atoms with Crippen LogP contribution < -0.4 is 39.7 Å². The number of methoxy groups -OCH3 is 4. The maximum absolute atomic E-state index is 13.8. The lowest BCUT2D eigenvalue weighted by Gasteiger charge is -2.24. The minimum Gasteiger partial charge on any atom is -0.497 e. The van der Waals surface area contributed by atoms with E-state index in [-0.39, 0.29) is 58.9 Å². The summed E-state index contributed by atoms with van der Waals surface area (Å²) in [5.41, 5.74) is -0.803. The summed E-state index contributed by atoms with van der Waals surface area (Å²) in [5, 5.41) is 18.2. The van der Waals surface area contributed by atoms with E-state index >= 15 is 0 Å². The first-order chi connectivity index (χ1) is 25.0. The van der Waals surface area contributed by atoms with Crippen molar-refractivity contribution in [2.45, 2.75) is 53.9 Å². The average Bonchev–Trinajstić information content (AvgIpc) is 3.15. The Morgan fingerprint density at radius 2 is 0.942 bits per heavy atom. The monoisotopic (exact) mass is 755 g/mol. The number of aromatic nitrogens is 4. The minimum absolute atomic E-state index is 0.0735. The zero-order chi connectivity index (χ0) is 38.1. The summed E-state index contributed by atoms with van der Waals surface area (Å²) in [6.45, 7) is 8.32. The average molecular weight is 756 g/mol. The number of azo groups is 2. The van der Waals surface area contributed by atoms with E-state index in [4.69, 9.17) is 53.1 Å². The lowest BCUT2D eigenvalue weighted by molar-refractivity contribution is -0.243. The molecule has 278 valence electrons. The highest BCUT2D eigenvalue weighted by atomic mass is 32.1. The summed E-state index contributed by atoms with van der Waals surface area (Å²) >= 11 is 11.3. The van der Waals surface area contributed by atoms with Crippen molar-refractivity contribution in [3.63, 3.8) is 0 Å². The van der Waals surface area contributed by atoms with E-state index in [2.05, 4.69) is 20.5 Å². The quantitative estimate of drug-likeness (QED) is 0.0644. The SMILES string of the molecule is CCn1c(ON(C)Oc2c(/N=N/c3ccc(OC)cc3OC)c(=O)n(CC)c(=S)n2CC)c(/N=N/c2ccc(OC)cc2OC)c(=O)n(CC)c1=S. The van der Waals surface area contributed by atoms with E-state index in [9.17, 15) is 9.59 Å². The molecule has 17 nitrogen and oxygen atoms in total. The van der Waals surface area contributed by atoms with Crippen LogP contribution in [-0.4, -0.2) is 59.0 Å². The Morgan fingerprint density at radius 1 is 0.577 bits per heavy atom. The van der Waals surface area contributed by atoms with Crippen LogP contribution >= 0.6 is 24.4 Å². The van der Waals surface area contributed by atoms with Crippen molar-refractivity contribution in [2.24, 2.45) is 20.5 Å². The molecular weight excluding hydrogens is 715 g/mol. The molecule has 19 heteroatoms. The van der Waals surface area contributed by atoms with E-state index in [0.717, 1.165) is 5.23 Å². The summed E-state index contributed by atoms with van der Waals surface area (Å²) in [6.07, 6.45) is 0. The molecule has 0 spiro atoms. The third kappa shape index (κ3) is 8.05. The molecule has 0 fully saturated rings. The molecule has 0 saturated heterocycles. The highest BCUT2D eigenvalue weighted by molar-refractivity contribution is 7.71. The van der Waals surface area contributed by atoms with Crippen LogP contribution in [0.25, 0.3) is 0 Å². The number of hydroxylamine groups is 2. The van der Waals surface area contributed by atoms with E-state index in [1.165, 1.54) is 44.6 Å². The molecule has 4 aromatic rings. The van der Waals surface area contributed by atoms with Crippen molar-refractivity contribution in [2.75, 3.05) is 35.5 Å². The summed E-state index contributed by atoms with van der Waals surface area (Å²) in [4.78, 5) is 39.9. The topological polar surface area (TPSA) is 162 Å². The predicted molar refractivity (Wildman–Crippen MR) is 198 cm³/mol. The van der Waals surface area contributed by atoms with Crippen molar-refractivity contribution < 1.29 is 28.6 Å². The maximum atomic E-state index is 13.8. The Kier molecular flexibility index (Phi) is 13.4. The number of rotatable bonds is 16. The Hall–Kier alpha value is -5.40. The second kappa shape index (κ2) is 17.7. The molecule has 0 bridgehead atoms. The van der Waals surface area contributed by atoms with Gasteiger partial charge in [-0.3, -0.25) is 27.9 Å². The Labute approximate surface area is 309 Å². The van der Waals surface area contributed by atoms with Crippen LogP contribution in [0.2, 0.25) is 0 Å². The van der Waals surface area contributed by atoms with Crippen LogP contribution in [0.3, 0.4) is 0 Å². The van der Waals surface area contributed by atoms with E-state index in [1.54, 1.807) is 59.4 Å². The first-order valence-electron chi connectivity index (χ1n) is 16.1. The second-order valence-corrected chi connectivity index (χ2v) is 11.3. The summed E-state index contributed by atoms with van der Waals surface area (Å²) < 4.78 is 27.7. The summed E-state index contributed by atoms with van der Waals surface area (Å²) in [6, 6.07) is 9.91. The number of nitrogens with zero attached hydrogens (tertiary/aromatic N) is 9.